The first-order chi connectivity index (χ1) is 12.5. The molecule has 0 heterocycles. The third-order valence-electron chi connectivity index (χ3n) is 3.15. The monoisotopic (exact) mass is 361 g/mol. The average molecular weight is 361 g/mol. The van der Waals surface area contributed by atoms with Crippen molar-refractivity contribution in [1.29, 1.82) is 0 Å². The third kappa shape index (κ3) is 8.30. The molecule has 0 saturated carbocycles. The van der Waals surface area contributed by atoms with Crippen molar-refractivity contribution in [2.45, 2.75) is 19.4 Å². The van der Waals surface area contributed by atoms with Crippen molar-refractivity contribution < 1.29 is 23.8 Å². The predicted molar refractivity (Wildman–Crippen MR) is 98.5 cm³/mol. The van der Waals surface area contributed by atoms with Crippen LogP contribution in [0.5, 0.6) is 11.5 Å². The average Bonchev–Trinajstić information content (AvgIpc) is 2.63. The Bertz CT molecular complexity index is 691. The number of aromatic hydroxyl groups is 1. The van der Waals surface area contributed by atoms with Crippen molar-refractivity contribution in [2.75, 3.05) is 13.2 Å². The minimum Gasteiger partial charge on any atom is -0.508 e. The maximum atomic E-state index is 13.2. The van der Waals surface area contributed by atoms with Gasteiger partial charge in [-0.15, -0.1) is 0 Å². The van der Waals surface area contributed by atoms with Gasteiger partial charge in [-0.25, -0.2) is 4.39 Å². The van der Waals surface area contributed by atoms with E-state index in [9.17, 15) is 9.18 Å². The van der Waals surface area contributed by atoms with Crippen LogP contribution in [0.25, 0.3) is 0 Å². The Morgan fingerprint density at radius 1 is 1.31 bits per heavy atom. The maximum absolute atomic E-state index is 13.2. The first-order valence-electron chi connectivity index (χ1n) is 8.12. The number of benzene rings is 2. The first kappa shape index (κ1) is 21.2. The predicted octanol–water partition coefficient (Wildman–Crippen LogP) is 3.22. The van der Waals surface area contributed by atoms with E-state index in [2.05, 4.69) is 6.58 Å². The number of carbonyl (C=O) groups is 1. The maximum Gasteiger partial charge on any atom is 0.319 e. The zero-order chi connectivity index (χ0) is 19.4. The summed E-state index contributed by atoms with van der Waals surface area (Å²) in [7, 11) is 0. The molecular weight excluding hydrogens is 337 g/mol. The molecule has 0 fully saturated rings. The van der Waals surface area contributed by atoms with Gasteiger partial charge in [0.05, 0.1) is 6.54 Å². The van der Waals surface area contributed by atoms with Gasteiger partial charge in [-0.05, 0) is 30.7 Å². The normalized spacial score (nSPS) is 10.9. The SMILES string of the molecule is C=CCOc1cc(F)ccc1CC(C)OC(=O)CN.Oc1ccccc1. The van der Waals surface area contributed by atoms with Crippen molar-refractivity contribution in [2.24, 2.45) is 5.73 Å². The van der Waals surface area contributed by atoms with Gasteiger partial charge in [0, 0.05) is 12.5 Å². The number of hydrogen-bond donors (Lipinski definition) is 2. The summed E-state index contributed by atoms with van der Waals surface area (Å²) in [6, 6.07) is 13.0. The van der Waals surface area contributed by atoms with Crippen LogP contribution in [0.1, 0.15) is 12.5 Å². The Kier molecular flexibility index (Phi) is 9.49. The number of hydrogen-bond acceptors (Lipinski definition) is 5. The Morgan fingerprint density at radius 3 is 2.54 bits per heavy atom. The van der Waals surface area contributed by atoms with Crippen molar-refractivity contribution in [3.63, 3.8) is 0 Å². The smallest absolute Gasteiger partial charge is 0.319 e. The van der Waals surface area contributed by atoms with Crippen LogP contribution in [-0.4, -0.2) is 30.3 Å². The first-order valence-corrected chi connectivity index (χ1v) is 8.12. The number of rotatable bonds is 7. The molecule has 26 heavy (non-hydrogen) atoms. The second-order valence-electron chi connectivity index (χ2n) is 5.40. The molecule has 0 amide bonds. The number of phenolic OH excluding ortho intramolecular Hbond substituents is 1. The van der Waals surface area contributed by atoms with Crippen LogP contribution >= 0.6 is 0 Å². The minimum absolute atomic E-state index is 0.159. The summed E-state index contributed by atoms with van der Waals surface area (Å²) < 4.78 is 23.6. The highest BCUT2D eigenvalue weighted by Crippen LogP contribution is 2.22. The van der Waals surface area contributed by atoms with E-state index in [-0.39, 0.29) is 25.1 Å². The van der Waals surface area contributed by atoms with Crippen LogP contribution in [-0.2, 0) is 16.0 Å². The van der Waals surface area contributed by atoms with Crippen molar-refractivity contribution >= 4 is 5.97 Å². The molecule has 0 bridgehead atoms. The Balaban J connectivity index is 0.000000401. The van der Waals surface area contributed by atoms with Gasteiger partial charge in [-0.3, -0.25) is 4.79 Å². The molecule has 5 nitrogen and oxygen atoms in total. The summed E-state index contributed by atoms with van der Waals surface area (Å²) in [6.45, 7) is 5.41. The van der Waals surface area contributed by atoms with Crippen molar-refractivity contribution in [1.82, 2.24) is 0 Å². The zero-order valence-corrected chi connectivity index (χ0v) is 14.7. The highest BCUT2D eigenvalue weighted by molar-refractivity contribution is 5.71. The van der Waals surface area contributed by atoms with E-state index in [4.69, 9.17) is 20.3 Å². The summed E-state index contributed by atoms with van der Waals surface area (Å²) in [5.41, 5.74) is 5.93. The van der Waals surface area contributed by atoms with Crippen LogP contribution in [0.15, 0.2) is 61.2 Å². The number of esters is 1. The van der Waals surface area contributed by atoms with Crippen LogP contribution in [0.3, 0.4) is 0 Å². The van der Waals surface area contributed by atoms with E-state index in [1.54, 1.807) is 43.3 Å². The number of nitrogens with two attached hydrogens (primary N) is 1. The molecule has 1 unspecified atom stereocenters. The number of para-hydroxylation sites is 1. The molecule has 0 aliphatic rings. The quantitative estimate of drug-likeness (QED) is 0.585. The molecule has 2 aromatic rings. The zero-order valence-electron chi connectivity index (χ0n) is 14.7. The fraction of sp³-hybridized carbons (Fsp3) is 0.250. The van der Waals surface area contributed by atoms with Gasteiger partial charge in [0.1, 0.15) is 30.0 Å². The third-order valence-corrected chi connectivity index (χ3v) is 3.15. The lowest BCUT2D eigenvalue weighted by Gasteiger charge is -2.15. The molecule has 3 N–H and O–H groups in total. The number of carbonyl (C=O) groups excluding carboxylic acids is 1. The Labute approximate surface area is 152 Å². The summed E-state index contributed by atoms with van der Waals surface area (Å²) in [5, 5.41) is 8.63. The molecule has 2 rings (SSSR count). The Hall–Kier alpha value is -2.86. The van der Waals surface area contributed by atoms with E-state index in [1.165, 1.54) is 12.1 Å². The largest absolute Gasteiger partial charge is 0.508 e. The fourth-order valence-electron chi connectivity index (χ4n) is 2.03. The molecule has 0 aliphatic carbocycles. The number of phenols is 1. The summed E-state index contributed by atoms with van der Waals surface area (Å²) in [6.07, 6.45) is 1.65. The lowest BCUT2D eigenvalue weighted by Crippen LogP contribution is -2.23. The highest BCUT2D eigenvalue weighted by atomic mass is 19.1. The van der Waals surface area contributed by atoms with E-state index in [1.807, 2.05) is 6.07 Å². The van der Waals surface area contributed by atoms with Gasteiger partial charge < -0.3 is 20.3 Å². The van der Waals surface area contributed by atoms with Gasteiger partial charge in [0.15, 0.2) is 0 Å². The summed E-state index contributed by atoms with van der Waals surface area (Å²) in [5.74, 6) is -0.101. The number of ether oxygens (including phenoxy) is 2. The summed E-state index contributed by atoms with van der Waals surface area (Å²) in [4.78, 5) is 11.1. The molecule has 0 aliphatic heterocycles. The van der Waals surface area contributed by atoms with E-state index in [0.29, 0.717) is 17.9 Å². The fourth-order valence-corrected chi connectivity index (χ4v) is 2.03. The molecule has 2 aromatic carbocycles. The lowest BCUT2D eigenvalue weighted by atomic mass is 10.1. The molecule has 0 spiro atoms. The molecular formula is C20H24FNO4. The van der Waals surface area contributed by atoms with Gasteiger partial charge in [-0.1, -0.05) is 36.9 Å². The Morgan fingerprint density at radius 2 is 2.00 bits per heavy atom. The standard InChI is InChI=1S/C14H18FNO3.C6H6O/c1-3-6-18-13-8-12(15)5-4-11(13)7-10(2)19-14(17)9-16;7-6-4-2-1-3-5-6/h3-5,8,10H,1,6-7,9,16H2,2H3;1-5,7H. The van der Waals surface area contributed by atoms with Gasteiger partial charge in [-0.2, -0.15) is 0 Å². The second-order valence-corrected chi connectivity index (χ2v) is 5.40. The van der Waals surface area contributed by atoms with Crippen LogP contribution in [0.2, 0.25) is 0 Å². The van der Waals surface area contributed by atoms with Gasteiger partial charge in [0.2, 0.25) is 0 Å². The molecule has 0 aromatic heterocycles. The van der Waals surface area contributed by atoms with E-state index >= 15 is 0 Å². The lowest BCUT2D eigenvalue weighted by molar-refractivity contribution is -0.146. The topological polar surface area (TPSA) is 81.8 Å². The van der Waals surface area contributed by atoms with Crippen LogP contribution in [0, 0.1) is 5.82 Å². The van der Waals surface area contributed by atoms with Crippen LogP contribution in [0.4, 0.5) is 4.39 Å². The second kappa shape index (κ2) is 11.7. The minimum atomic E-state index is -0.469. The molecule has 6 heteroatoms. The molecule has 0 radical (unpaired) electrons. The molecule has 0 saturated heterocycles. The van der Waals surface area contributed by atoms with Gasteiger partial charge >= 0.3 is 5.97 Å². The molecule has 1 atom stereocenters. The van der Waals surface area contributed by atoms with Crippen LogP contribution < -0.4 is 10.5 Å². The number of halogens is 1. The molecule has 140 valence electrons. The summed E-state index contributed by atoms with van der Waals surface area (Å²) >= 11 is 0. The highest BCUT2D eigenvalue weighted by Gasteiger charge is 2.13. The van der Waals surface area contributed by atoms with E-state index in [0.717, 1.165) is 5.56 Å². The van der Waals surface area contributed by atoms with Gasteiger partial charge in [0.25, 0.3) is 0 Å². The van der Waals surface area contributed by atoms with Crippen molar-refractivity contribution in [3.05, 3.63) is 72.6 Å². The van der Waals surface area contributed by atoms with Crippen molar-refractivity contribution in [3.8, 4) is 11.5 Å². The van der Waals surface area contributed by atoms with E-state index < -0.39 is 5.97 Å².